The standard InChI is InChI=1S/C27H26F2N4O3S2/c1-32(21-7-3-2-4-8-21)38(35,36)22-11-9-19(10-12-22)26(34)33(17-18-6-5-13-30-16-18)27-31-25-23(29)14-20(28)15-24(25)37-27/h5-6,9-16,21H,2-4,7-8,17H2,1H3. The monoisotopic (exact) mass is 556 g/mol. The molecule has 1 saturated carbocycles. The summed E-state index contributed by atoms with van der Waals surface area (Å²) in [7, 11) is -2.11. The van der Waals surface area contributed by atoms with Gasteiger partial charge in [-0.25, -0.2) is 22.2 Å². The summed E-state index contributed by atoms with van der Waals surface area (Å²) >= 11 is 0.994. The Kier molecular flexibility index (Phi) is 7.51. The normalized spacial score (nSPS) is 14.7. The molecule has 11 heteroatoms. The molecule has 1 amide bonds. The number of thiazole rings is 1. The fraction of sp³-hybridized carbons (Fsp3) is 0.296. The molecule has 0 bridgehead atoms. The Morgan fingerprint density at radius 1 is 1.08 bits per heavy atom. The third-order valence-electron chi connectivity index (χ3n) is 6.81. The number of benzene rings is 2. The highest BCUT2D eigenvalue weighted by molar-refractivity contribution is 7.89. The molecule has 2 aromatic heterocycles. The summed E-state index contributed by atoms with van der Waals surface area (Å²) < 4.78 is 56.3. The van der Waals surface area contributed by atoms with Crippen LogP contribution in [0, 0.1) is 11.6 Å². The molecule has 0 aliphatic heterocycles. The van der Waals surface area contributed by atoms with Crippen molar-refractivity contribution in [2.75, 3.05) is 11.9 Å². The van der Waals surface area contributed by atoms with Crippen LogP contribution < -0.4 is 4.90 Å². The summed E-state index contributed by atoms with van der Waals surface area (Å²) in [5, 5.41) is 0.187. The Hall–Kier alpha value is -3.28. The lowest BCUT2D eigenvalue weighted by Gasteiger charge is -2.30. The zero-order valence-electron chi connectivity index (χ0n) is 20.7. The Labute approximate surface area is 223 Å². The number of rotatable bonds is 7. The Morgan fingerprint density at radius 3 is 2.50 bits per heavy atom. The molecule has 2 heterocycles. The lowest BCUT2D eigenvalue weighted by molar-refractivity contribution is 0.0985. The number of nitrogens with zero attached hydrogens (tertiary/aromatic N) is 4. The van der Waals surface area contributed by atoms with Gasteiger partial charge in [-0.1, -0.05) is 36.7 Å². The van der Waals surface area contributed by atoms with Crippen LogP contribution in [0.15, 0.2) is 65.8 Å². The second kappa shape index (κ2) is 10.8. The predicted molar refractivity (Wildman–Crippen MR) is 143 cm³/mol. The van der Waals surface area contributed by atoms with Crippen molar-refractivity contribution in [3.05, 3.63) is 83.7 Å². The summed E-state index contributed by atoms with van der Waals surface area (Å²) in [6.07, 6.45) is 8.01. The van der Waals surface area contributed by atoms with E-state index in [1.54, 1.807) is 31.6 Å². The van der Waals surface area contributed by atoms with Crippen molar-refractivity contribution < 1.29 is 22.0 Å². The highest BCUT2D eigenvalue weighted by atomic mass is 32.2. The van der Waals surface area contributed by atoms with Crippen LogP contribution in [0.3, 0.4) is 0 Å². The van der Waals surface area contributed by atoms with E-state index in [1.165, 1.54) is 39.5 Å². The number of sulfonamides is 1. The van der Waals surface area contributed by atoms with Gasteiger partial charge in [-0.3, -0.25) is 14.7 Å². The molecule has 0 radical (unpaired) electrons. The number of aromatic nitrogens is 2. The van der Waals surface area contributed by atoms with E-state index < -0.39 is 27.6 Å². The average Bonchev–Trinajstić information content (AvgIpc) is 3.36. The molecule has 38 heavy (non-hydrogen) atoms. The van der Waals surface area contributed by atoms with Crippen molar-refractivity contribution in [3.8, 4) is 0 Å². The molecule has 0 atom stereocenters. The van der Waals surface area contributed by atoms with Gasteiger partial charge >= 0.3 is 0 Å². The topological polar surface area (TPSA) is 83.5 Å². The second-order valence-electron chi connectivity index (χ2n) is 9.32. The minimum Gasteiger partial charge on any atom is -0.279 e. The van der Waals surface area contributed by atoms with Crippen LogP contribution in [0.2, 0.25) is 0 Å². The number of halogens is 2. The number of fused-ring (bicyclic) bond motifs is 1. The van der Waals surface area contributed by atoms with Gasteiger partial charge in [-0.05, 0) is 54.8 Å². The highest BCUT2D eigenvalue weighted by Crippen LogP contribution is 2.33. The highest BCUT2D eigenvalue weighted by Gasteiger charge is 2.30. The quantitative estimate of drug-likeness (QED) is 0.289. The number of carbonyl (C=O) groups excluding carboxylic acids is 1. The van der Waals surface area contributed by atoms with E-state index in [4.69, 9.17) is 0 Å². The van der Waals surface area contributed by atoms with Crippen LogP contribution in [0.5, 0.6) is 0 Å². The van der Waals surface area contributed by atoms with E-state index in [1.807, 2.05) is 0 Å². The largest absolute Gasteiger partial charge is 0.279 e. The summed E-state index contributed by atoms with van der Waals surface area (Å²) in [4.78, 5) is 23.5. The molecule has 1 fully saturated rings. The molecule has 198 valence electrons. The van der Waals surface area contributed by atoms with Gasteiger partial charge in [0.05, 0.1) is 16.1 Å². The Morgan fingerprint density at radius 2 is 1.82 bits per heavy atom. The number of hydrogen-bond donors (Lipinski definition) is 0. The lowest BCUT2D eigenvalue weighted by atomic mass is 9.96. The first-order chi connectivity index (χ1) is 18.2. The van der Waals surface area contributed by atoms with Gasteiger partial charge in [0.1, 0.15) is 11.3 Å². The van der Waals surface area contributed by atoms with Gasteiger partial charge in [-0.2, -0.15) is 4.31 Å². The van der Waals surface area contributed by atoms with Gasteiger partial charge in [0.15, 0.2) is 10.9 Å². The third kappa shape index (κ3) is 5.31. The van der Waals surface area contributed by atoms with Crippen molar-refractivity contribution in [3.63, 3.8) is 0 Å². The van der Waals surface area contributed by atoms with Crippen molar-refractivity contribution in [2.45, 2.75) is 49.6 Å². The maximum Gasteiger partial charge on any atom is 0.260 e. The van der Waals surface area contributed by atoms with Crippen LogP contribution in [0.4, 0.5) is 13.9 Å². The second-order valence-corrected chi connectivity index (χ2v) is 12.3. The van der Waals surface area contributed by atoms with E-state index in [9.17, 15) is 22.0 Å². The summed E-state index contributed by atoms with van der Waals surface area (Å²) in [5.74, 6) is -2.00. The maximum absolute atomic E-state index is 14.4. The molecule has 5 rings (SSSR count). The zero-order valence-corrected chi connectivity index (χ0v) is 22.3. The molecular weight excluding hydrogens is 530 g/mol. The number of carbonyl (C=O) groups is 1. The van der Waals surface area contributed by atoms with Crippen molar-refractivity contribution in [1.82, 2.24) is 14.3 Å². The molecule has 7 nitrogen and oxygen atoms in total. The third-order valence-corrected chi connectivity index (χ3v) is 9.76. The van der Waals surface area contributed by atoms with E-state index in [2.05, 4.69) is 9.97 Å². The van der Waals surface area contributed by atoms with Crippen molar-refractivity contribution >= 4 is 42.6 Å². The smallest absolute Gasteiger partial charge is 0.260 e. The zero-order chi connectivity index (χ0) is 26.9. The van der Waals surface area contributed by atoms with Crippen LogP contribution in [0.25, 0.3) is 10.2 Å². The van der Waals surface area contributed by atoms with E-state index in [0.717, 1.165) is 49.5 Å². The predicted octanol–water partition coefficient (Wildman–Crippen LogP) is 5.77. The van der Waals surface area contributed by atoms with Crippen molar-refractivity contribution in [2.24, 2.45) is 0 Å². The minimum atomic E-state index is -3.72. The molecular formula is C27H26F2N4O3S2. The van der Waals surface area contributed by atoms with Gasteiger partial charge < -0.3 is 0 Å². The molecule has 1 aliphatic rings. The molecule has 1 aliphatic carbocycles. The fourth-order valence-corrected chi connectivity index (χ4v) is 7.11. The number of pyridine rings is 1. The van der Waals surface area contributed by atoms with Crippen LogP contribution in [0.1, 0.15) is 48.0 Å². The number of hydrogen-bond acceptors (Lipinski definition) is 6. The number of anilines is 1. The van der Waals surface area contributed by atoms with E-state index in [-0.39, 0.29) is 38.4 Å². The van der Waals surface area contributed by atoms with Crippen LogP contribution in [-0.2, 0) is 16.6 Å². The maximum atomic E-state index is 14.4. The summed E-state index contributed by atoms with van der Waals surface area (Å²) in [5.41, 5.74) is 0.918. The lowest BCUT2D eigenvalue weighted by Crippen LogP contribution is -2.38. The first-order valence-corrected chi connectivity index (χ1v) is 14.5. The first-order valence-electron chi connectivity index (χ1n) is 12.3. The molecule has 0 spiro atoms. The van der Waals surface area contributed by atoms with Crippen LogP contribution in [-0.4, -0.2) is 41.7 Å². The molecule has 4 aromatic rings. The number of amides is 1. The molecule has 2 aromatic carbocycles. The summed E-state index contributed by atoms with van der Waals surface area (Å²) in [6, 6.07) is 11.2. The minimum absolute atomic E-state index is 0.0254. The molecule has 0 saturated heterocycles. The SMILES string of the molecule is CN(C1CCCCC1)S(=O)(=O)c1ccc(C(=O)N(Cc2cccnc2)c2nc3c(F)cc(F)cc3s2)cc1. The van der Waals surface area contributed by atoms with E-state index >= 15 is 0 Å². The van der Waals surface area contributed by atoms with Gasteiger partial charge in [0.2, 0.25) is 10.0 Å². The fourth-order valence-electron chi connectivity index (χ4n) is 4.69. The Balaban J connectivity index is 1.46. The Bertz CT molecular complexity index is 1550. The van der Waals surface area contributed by atoms with Crippen LogP contribution >= 0.6 is 11.3 Å². The average molecular weight is 557 g/mol. The van der Waals surface area contributed by atoms with Gasteiger partial charge in [-0.15, -0.1) is 0 Å². The van der Waals surface area contributed by atoms with Gasteiger partial charge in [0, 0.05) is 37.1 Å². The van der Waals surface area contributed by atoms with Gasteiger partial charge in [0.25, 0.3) is 5.91 Å². The van der Waals surface area contributed by atoms with E-state index in [0.29, 0.717) is 5.56 Å². The molecule has 0 N–H and O–H groups in total. The van der Waals surface area contributed by atoms with Crippen molar-refractivity contribution in [1.29, 1.82) is 0 Å². The summed E-state index contributed by atoms with van der Waals surface area (Å²) in [6.45, 7) is 0.0844. The molecule has 0 unspecified atom stereocenters. The first kappa shape index (κ1) is 26.3.